The summed E-state index contributed by atoms with van der Waals surface area (Å²) in [6.45, 7) is 0. The lowest BCUT2D eigenvalue weighted by atomic mass is 10.1. The highest BCUT2D eigenvalue weighted by Crippen LogP contribution is 2.35. The van der Waals surface area contributed by atoms with Crippen molar-refractivity contribution in [2.75, 3.05) is 0 Å². The number of aromatic amines is 1. The van der Waals surface area contributed by atoms with E-state index in [4.69, 9.17) is 9.47 Å². The van der Waals surface area contributed by atoms with Crippen LogP contribution in [0, 0.1) is 0 Å². The Morgan fingerprint density at radius 3 is 2.38 bits per heavy atom. The third-order valence-electron chi connectivity index (χ3n) is 4.62. The second kappa shape index (κ2) is 7.09. The van der Waals surface area contributed by atoms with Crippen LogP contribution in [0.3, 0.4) is 0 Å². The van der Waals surface area contributed by atoms with Crippen molar-refractivity contribution in [1.29, 1.82) is 0 Å². The first-order valence-electron chi connectivity index (χ1n) is 9.13. The number of fused-ring (bicyclic) bond motifs is 1. The molecule has 2 aromatic carbocycles. The summed E-state index contributed by atoms with van der Waals surface area (Å²) in [5.74, 6) is 2.24. The third-order valence-corrected chi connectivity index (χ3v) is 4.62. The summed E-state index contributed by atoms with van der Waals surface area (Å²) in [4.78, 5) is 16.0. The maximum absolute atomic E-state index is 11.3. The average Bonchev–Trinajstić information content (AvgIpc) is 3.19. The Labute approximate surface area is 167 Å². The fourth-order valence-corrected chi connectivity index (χ4v) is 3.15. The van der Waals surface area contributed by atoms with Crippen LogP contribution in [0.25, 0.3) is 11.4 Å². The van der Waals surface area contributed by atoms with Crippen LogP contribution in [-0.2, 0) is 4.74 Å². The quantitative estimate of drug-likeness (QED) is 0.707. The zero-order chi connectivity index (χ0) is 19.6. The van der Waals surface area contributed by atoms with Crippen LogP contribution < -0.4 is 15.6 Å². The molecule has 3 heterocycles. The van der Waals surface area contributed by atoms with E-state index in [1.54, 1.807) is 24.7 Å². The molecular weight excluding hydrogens is 366 g/mol. The van der Waals surface area contributed by atoms with E-state index in [0.29, 0.717) is 5.88 Å². The van der Waals surface area contributed by atoms with Crippen LogP contribution in [0.5, 0.6) is 11.5 Å². The van der Waals surface area contributed by atoms with Crippen LogP contribution in [0.4, 0.5) is 0 Å². The molecule has 0 bridgehead atoms. The van der Waals surface area contributed by atoms with Gasteiger partial charge in [-0.05, 0) is 42.5 Å². The van der Waals surface area contributed by atoms with Gasteiger partial charge in [0.1, 0.15) is 17.8 Å². The number of para-hydroxylation sites is 1. The first-order valence-corrected chi connectivity index (χ1v) is 9.13. The van der Waals surface area contributed by atoms with E-state index in [1.807, 2.05) is 65.7 Å². The van der Waals surface area contributed by atoms with Gasteiger partial charge in [0.25, 0.3) is 0 Å². The Morgan fingerprint density at radius 2 is 1.62 bits per heavy atom. The van der Waals surface area contributed by atoms with E-state index in [9.17, 15) is 4.79 Å². The highest BCUT2D eigenvalue weighted by molar-refractivity contribution is 5.73. The number of ether oxygens (including phenoxy) is 2. The van der Waals surface area contributed by atoms with Gasteiger partial charge in [-0.3, -0.25) is 9.69 Å². The molecule has 6 heteroatoms. The molecule has 5 rings (SSSR count). The van der Waals surface area contributed by atoms with Gasteiger partial charge in [0.05, 0.1) is 17.6 Å². The van der Waals surface area contributed by atoms with Gasteiger partial charge in [-0.15, -0.1) is 0 Å². The largest absolute Gasteiger partial charge is 0.457 e. The van der Waals surface area contributed by atoms with Crippen LogP contribution in [0.1, 0.15) is 11.1 Å². The summed E-state index contributed by atoms with van der Waals surface area (Å²) in [5, 5.41) is 3.19. The molecule has 0 saturated carbocycles. The Balaban J connectivity index is 1.38. The summed E-state index contributed by atoms with van der Waals surface area (Å²) < 4.78 is 11.5. The molecule has 6 nitrogen and oxygen atoms in total. The van der Waals surface area contributed by atoms with Crippen molar-refractivity contribution >= 4 is 11.4 Å². The van der Waals surface area contributed by atoms with E-state index >= 15 is 0 Å². The highest BCUT2D eigenvalue weighted by Gasteiger charge is 2.26. The van der Waals surface area contributed by atoms with Crippen LogP contribution >= 0.6 is 0 Å². The molecule has 2 aliphatic heterocycles. The lowest BCUT2D eigenvalue weighted by Gasteiger charge is -2.23. The summed E-state index contributed by atoms with van der Waals surface area (Å²) >= 11 is 0. The summed E-state index contributed by atoms with van der Waals surface area (Å²) in [5.41, 5.74) is 3.49. The van der Waals surface area contributed by atoms with Gasteiger partial charge in [0, 0.05) is 29.6 Å². The van der Waals surface area contributed by atoms with Crippen molar-refractivity contribution in [3.8, 4) is 11.5 Å². The molecular formula is C23H17N3O3. The zero-order valence-electron chi connectivity index (χ0n) is 15.3. The predicted molar refractivity (Wildman–Crippen MR) is 110 cm³/mol. The van der Waals surface area contributed by atoms with Gasteiger partial charge >= 0.3 is 0 Å². The molecule has 0 radical (unpaired) electrons. The maximum Gasteiger partial charge on any atom is 0.247 e. The van der Waals surface area contributed by atoms with Gasteiger partial charge < -0.3 is 19.8 Å². The normalized spacial score (nSPS) is 14.8. The van der Waals surface area contributed by atoms with Crippen molar-refractivity contribution in [1.82, 2.24) is 15.2 Å². The monoisotopic (exact) mass is 383 g/mol. The van der Waals surface area contributed by atoms with E-state index in [0.717, 1.165) is 34.0 Å². The number of nitrogens with zero attached hydrogens (tertiary/aromatic N) is 1. The second-order valence-corrected chi connectivity index (χ2v) is 6.54. The Hall–Kier alpha value is -4.19. The molecule has 0 fully saturated rings. The number of rotatable bonds is 4. The van der Waals surface area contributed by atoms with Gasteiger partial charge in [0.15, 0.2) is 0 Å². The van der Waals surface area contributed by atoms with E-state index in [2.05, 4.69) is 10.3 Å². The average molecular weight is 383 g/mol. The Kier molecular flexibility index (Phi) is 4.14. The molecule has 2 N–H and O–H groups in total. The minimum Gasteiger partial charge on any atom is -0.457 e. The molecule has 0 unspecified atom stereocenters. The van der Waals surface area contributed by atoms with Gasteiger partial charge in [-0.1, -0.05) is 18.2 Å². The van der Waals surface area contributed by atoms with E-state index in [1.165, 1.54) is 6.07 Å². The smallest absolute Gasteiger partial charge is 0.247 e. The first kappa shape index (κ1) is 16.9. The first-order chi connectivity index (χ1) is 14.3. The third kappa shape index (κ3) is 3.39. The number of benzene rings is 2. The maximum atomic E-state index is 11.3. The molecule has 0 spiro atoms. The molecule has 0 saturated heterocycles. The van der Waals surface area contributed by atoms with Crippen LogP contribution in [-0.4, -0.2) is 9.88 Å². The summed E-state index contributed by atoms with van der Waals surface area (Å²) in [6.07, 6.45) is 7.12. The molecule has 2 aliphatic rings. The standard InChI is InChI=1S/C23H17N3O3/c27-22-11-8-17(12-25-22)20-14-26-21(15-28-23(26)13-24-20)16-6-9-19(10-7-16)29-18-4-2-1-3-5-18/h1-15,24H,(H,25,27). The number of hydrogen-bond acceptors (Lipinski definition) is 5. The zero-order valence-corrected chi connectivity index (χ0v) is 15.3. The van der Waals surface area contributed by atoms with Crippen molar-refractivity contribution < 1.29 is 9.47 Å². The van der Waals surface area contributed by atoms with Crippen molar-refractivity contribution in [3.05, 3.63) is 119 Å². The van der Waals surface area contributed by atoms with Gasteiger partial charge in [-0.2, -0.15) is 0 Å². The Bertz CT molecular complexity index is 1170. The lowest BCUT2D eigenvalue weighted by molar-refractivity contribution is 0.302. The lowest BCUT2D eigenvalue weighted by Crippen LogP contribution is -2.22. The topological polar surface area (TPSA) is 66.6 Å². The molecule has 29 heavy (non-hydrogen) atoms. The van der Waals surface area contributed by atoms with E-state index < -0.39 is 0 Å². The second-order valence-electron chi connectivity index (χ2n) is 6.54. The molecule has 3 aromatic rings. The minimum absolute atomic E-state index is 0.135. The molecule has 1 aromatic heterocycles. The minimum atomic E-state index is -0.135. The summed E-state index contributed by atoms with van der Waals surface area (Å²) in [6, 6.07) is 20.8. The van der Waals surface area contributed by atoms with Crippen molar-refractivity contribution in [3.63, 3.8) is 0 Å². The molecule has 0 amide bonds. The van der Waals surface area contributed by atoms with Crippen LogP contribution in [0.15, 0.2) is 102 Å². The van der Waals surface area contributed by atoms with Crippen molar-refractivity contribution in [2.24, 2.45) is 0 Å². The SMILES string of the molecule is O=c1ccc(C2=CN3C(=CN2)OC=C3c2ccc(Oc3ccccc3)cc2)c[nH]1. The fraction of sp³-hybridized carbons (Fsp3) is 0. The highest BCUT2D eigenvalue weighted by atomic mass is 16.5. The van der Waals surface area contributed by atoms with Gasteiger partial charge in [-0.25, -0.2) is 0 Å². The predicted octanol–water partition coefficient (Wildman–Crippen LogP) is 4.20. The van der Waals surface area contributed by atoms with Crippen molar-refractivity contribution in [2.45, 2.75) is 0 Å². The number of hydrogen-bond donors (Lipinski definition) is 2. The number of pyridine rings is 1. The van der Waals surface area contributed by atoms with Gasteiger partial charge in [0.2, 0.25) is 11.4 Å². The number of H-pyrrole nitrogens is 1. The molecule has 0 aliphatic carbocycles. The fourth-order valence-electron chi connectivity index (χ4n) is 3.15. The molecule has 142 valence electrons. The number of nitrogens with one attached hydrogen (secondary N) is 2. The Morgan fingerprint density at radius 1 is 0.862 bits per heavy atom. The van der Waals surface area contributed by atoms with E-state index in [-0.39, 0.29) is 5.56 Å². The summed E-state index contributed by atoms with van der Waals surface area (Å²) in [7, 11) is 0. The number of aromatic nitrogens is 1. The molecule has 0 atom stereocenters. The van der Waals surface area contributed by atoms with Crippen LogP contribution in [0.2, 0.25) is 0 Å².